The van der Waals surface area contributed by atoms with Crippen LogP contribution in [0.4, 0.5) is 4.39 Å². The Hall–Kier alpha value is -1.42. The summed E-state index contributed by atoms with van der Waals surface area (Å²) in [6.45, 7) is 1.47. The number of halogens is 1. The van der Waals surface area contributed by atoms with Crippen molar-refractivity contribution in [2.24, 2.45) is 5.92 Å². The van der Waals surface area contributed by atoms with Crippen molar-refractivity contribution in [2.45, 2.75) is 44.6 Å². The molecule has 1 aromatic rings. The fourth-order valence-corrected chi connectivity index (χ4v) is 2.74. The van der Waals surface area contributed by atoms with E-state index in [1.54, 1.807) is 12.1 Å². The zero-order valence-electron chi connectivity index (χ0n) is 11.0. The molecule has 104 valence electrons. The van der Waals surface area contributed by atoms with Crippen LogP contribution in [0.25, 0.3) is 0 Å². The first kappa shape index (κ1) is 14.0. The summed E-state index contributed by atoms with van der Waals surface area (Å²) in [6, 6.07) is 4.72. The molecule has 1 aromatic carbocycles. The van der Waals surface area contributed by atoms with Crippen LogP contribution in [0.1, 0.15) is 43.2 Å². The summed E-state index contributed by atoms with van der Waals surface area (Å²) in [5.41, 5.74) is 1.04. The molecule has 1 unspecified atom stereocenters. The molecule has 0 spiro atoms. The van der Waals surface area contributed by atoms with Crippen molar-refractivity contribution in [3.8, 4) is 0 Å². The van der Waals surface area contributed by atoms with Crippen molar-refractivity contribution >= 4 is 5.97 Å². The van der Waals surface area contributed by atoms with Crippen LogP contribution < -0.4 is 0 Å². The molecule has 3 atom stereocenters. The molecule has 1 aliphatic carbocycles. The molecular weight excluding hydrogens is 247 g/mol. The first-order valence-corrected chi connectivity index (χ1v) is 6.68. The van der Waals surface area contributed by atoms with Crippen LogP contribution in [0.2, 0.25) is 0 Å². The molecule has 4 heteroatoms. The van der Waals surface area contributed by atoms with E-state index in [0.717, 1.165) is 24.8 Å². The van der Waals surface area contributed by atoms with Gasteiger partial charge in [-0.25, -0.2) is 4.39 Å². The van der Waals surface area contributed by atoms with Crippen LogP contribution in [0.3, 0.4) is 0 Å². The maximum Gasteiger partial charge on any atom is 0.310 e. The van der Waals surface area contributed by atoms with Gasteiger partial charge in [-0.2, -0.15) is 0 Å². The zero-order chi connectivity index (χ0) is 14.0. The molecular formula is C15H19FO3. The van der Waals surface area contributed by atoms with Crippen molar-refractivity contribution in [3.63, 3.8) is 0 Å². The average molecular weight is 266 g/mol. The van der Waals surface area contributed by atoms with Gasteiger partial charge in [0.05, 0.1) is 12.0 Å². The van der Waals surface area contributed by atoms with E-state index in [-0.39, 0.29) is 17.6 Å². The van der Waals surface area contributed by atoms with Crippen molar-refractivity contribution in [2.75, 3.05) is 0 Å². The Labute approximate surface area is 112 Å². The highest BCUT2D eigenvalue weighted by Gasteiger charge is 2.26. The van der Waals surface area contributed by atoms with Crippen LogP contribution in [0, 0.1) is 11.7 Å². The number of carbonyl (C=O) groups is 1. The number of rotatable bonds is 4. The van der Waals surface area contributed by atoms with Gasteiger partial charge in [-0.1, -0.05) is 18.6 Å². The summed E-state index contributed by atoms with van der Waals surface area (Å²) >= 11 is 0. The third kappa shape index (κ3) is 3.13. The molecule has 1 saturated carbocycles. The lowest BCUT2D eigenvalue weighted by molar-refractivity contribution is -0.138. The molecule has 0 bridgehead atoms. The summed E-state index contributed by atoms with van der Waals surface area (Å²) in [6.07, 6.45) is 3.17. The Kier molecular flexibility index (Phi) is 4.20. The Morgan fingerprint density at radius 3 is 2.74 bits per heavy atom. The van der Waals surface area contributed by atoms with Crippen molar-refractivity contribution in [1.29, 1.82) is 0 Å². The quantitative estimate of drug-likeness (QED) is 0.881. The number of hydrogen-bond acceptors (Lipinski definition) is 2. The molecule has 0 aliphatic heterocycles. The first-order chi connectivity index (χ1) is 8.99. The maximum absolute atomic E-state index is 13.9. The second-order valence-corrected chi connectivity index (χ2v) is 5.38. The number of aliphatic hydroxyl groups is 1. The lowest BCUT2D eigenvalue weighted by Gasteiger charge is -2.15. The molecule has 19 heavy (non-hydrogen) atoms. The summed E-state index contributed by atoms with van der Waals surface area (Å²) in [5, 5.41) is 18.7. The molecule has 2 rings (SSSR count). The van der Waals surface area contributed by atoms with Gasteiger partial charge in [0, 0.05) is 5.56 Å². The SMILES string of the molecule is CC(C(=O)O)c1ccc(C[C@@H]2CCC[C@@H]2O)cc1F. The minimum absolute atomic E-state index is 0.196. The minimum Gasteiger partial charge on any atom is -0.481 e. The van der Waals surface area contributed by atoms with E-state index in [1.807, 2.05) is 0 Å². The van der Waals surface area contributed by atoms with E-state index < -0.39 is 17.7 Å². The van der Waals surface area contributed by atoms with Gasteiger partial charge in [0.2, 0.25) is 0 Å². The number of aliphatic hydroxyl groups excluding tert-OH is 1. The van der Waals surface area contributed by atoms with Gasteiger partial charge in [0.1, 0.15) is 5.82 Å². The number of benzene rings is 1. The fourth-order valence-electron chi connectivity index (χ4n) is 2.74. The molecule has 0 amide bonds. The van der Waals surface area contributed by atoms with Gasteiger partial charge in [-0.05, 0) is 43.7 Å². The van der Waals surface area contributed by atoms with E-state index in [9.17, 15) is 14.3 Å². The third-order valence-corrected chi connectivity index (χ3v) is 4.02. The Balaban J connectivity index is 2.12. The second-order valence-electron chi connectivity index (χ2n) is 5.38. The molecule has 2 N–H and O–H groups in total. The van der Waals surface area contributed by atoms with Gasteiger partial charge in [0.25, 0.3) is 0 Å². The van der Waals surface area contributed by atoms with E-state index in [0.29, 0.717) is 6.42 Å². The largest absolute Gasteiger partial charge is 0.481 e. The first-order valence-electron chi connectivity index (χ1n) is 6.68. The average Bonchev–Trinajstić information content (AvgIpc) is 2.74. The Morgan fingerprint density at radius 1 is 1.47 bits per heavy atom. The standard InChI is InChI=1S/C15H19FO3/c1-9(15(18)19)12-6-5-10(8-13(12)16)7-11-3-2-4-14(11)17/h5-6,8-9,11,14,17H,2-4,7H2,1H3,(H,18,19)/t9?,11-,14-/m0/s1. The molecule has 0 aromatic heterocycles. The number of hydrogen-bond donors (Lipinski definition) is 2. The normalized spacial score (nSPS) is 24.4. The maximum atomic E-state index is 13.9. The third-order valence-electron chi connectivity index (χ3n) is 4.02. The van der Waals surface area contributed by atoms with Crippen molar-refractivity contribution in [1.82, 2.24) is 0 Å². The fraction of sp³-hybridized carbons (Fsp3) is 0.533. The van der Waals surface area contributed by atoms with Crippen LogP contribution >= 0.6 is 0 Å². The highest BCUT2D eigenvalue weighted by Crippen LogP contribution is 2.29. The molecule has 3 nitrogen and oxygen atoms in total. The summed E-state index contributed by atoms with van der Waals surface area (Å²) in [7, 11) is 0. The molecule has 0 heterocycles. The van der Waals surface area contributed by atoms with Crippen LogP contribution in [-0.2, 0) is 11.2 Å². The molecule has 1 aliphatic rings. The van der Waals surface area contributed by atoms with Crippen molar-refractivity contribution in [3.05, 3.63) is 35.1 Å². The number of aliphatic carboxylic acids is 1. The van der Waals surface area contributed by atoms with Gasteiger partial charge in [-0.15, -0.1) is 0 Å². The van der Waals surface area contributed by atoms with Crippen LogP contribution in [0.5, 0.6) is 0 Å². The van der Waals surface area contributed by atoms with E-state index >= 15 is 0 Å². The van der Waals surface area contributed by atoms with Gasteiger partial charge >= 0.3 is 5.97 Å². The highest BCUT2D eigenvalue weighted by molar-refractivity contribution is 5.75. The van der Waals surface area contributed by atoms with Gasteiger partial charge < -0.3 is 10.2 Å². The Morgan fingerprint density at radius 2 is 2.21 bits per heavy atom. The van der Waals surface area contributed by atoms with Gasteiger partial charge in [-0.3, -0.25) is 4.79 Å². The monoisotopic (exact) mass is 266 g/mol. The summed E-state index contributed by atoms with van der Waals surface area (Å²) < 4.78 is 13.9. The lowest BCUT2D eigenvalue weighted by Crippen LogP contribution is -2.16. The van der Waals surface area contributed by atoms with Gasteiger partial charge in [0.15, 0.2) is 0 Å². The number of carboxylic acid groups (broad SMARTS) is 1. The molecule has 0 radical (unpaired) electrons. The summed E-state index contributed by atoms with van der Waals surface area (Å²) in [5.74, 6) is -2.15. The Bertz CT molecular complexity index is 472. The lowest BCUT2D eigenvalue weighted by atomic mass is 9.93. The van der Waals surface area contributed by atoms with Crippen molar-refractivity contribution < 1.29 is 19.4 Å². The topological polar surface area (TPSA) is 57.5 Å². The van der Waals surface area contributed by atoms with Crippen LogP contribution in [-0.4, -0.2) is 22.3 Å². The highest BCUT2D eigenvalue weighted by atomic mass is 19.1. The molecule has 1 fully saturated rings. The predicted octanol–water partition coefficient (Wildman–Crippen LogP) is 2.72. The predicted molar refractivity (Wildman–Crippen MR) is 69.5 cm³/mol. The minimum atomic E-state index is -1.03. The summed E-state index contributed by atoms with van der Waals surface area (Å²) in [4.78, 5) is 10.9. The molecule has 0 saturated heterocycles. The second kappa shape index (κ2) is 5.70. The van der Waals surface area contributed by atoms with Crippen LogP contribution in [0.15, 0.2) is 18.2 Å². The van der Waals surface area contributed by atoms with E-state index in [4.69, 9.17) is 5.11 Å². The van der Waals surface area contributed by atoms with E-state index in [2.05, 4.69) is 0 Å². The number of carboxylic acids is 1. The smallest absolute Gasteiger partial charge is 0.310 e. The van der Waals surface area contributed by atoms with E-state index in [1.165, 1.54) is 13.0 Å². The zero-order valence-corrected chi connectivity index (χ0v) is 11.0.